The topological polar surface area (TPSA) is 60.1 Å². The molecular formula is C16H24IN3O2. The van der Waals surface area contributed by atoms with E-state index < -0.39 is 0 Å². The maximum atomic E-state index is 6.14. The van der Waals surface area contributed by atoms with Crippen LogP contribution in [-0.2, 0) is 4.74 Å². The van der Waals surface area contributed by atoms with Gasteiger partial charge in [-0.05, 0) is 25.0 Å². The van der Waals surface area contributed by atoms with E-state index >= 15 is 0 Å². The van der Waals surface area contributed by atoms with Crippen LogP contribution in [0, 0.1) is 0 Å². The fraction of sp³-hybridized carbons (Fsp3) is 0.562. The van der Waals surface area contributed by atoms with E-state index in [4.69, 9.17) is 15.2 Å². The number of guanidine groups is 1. The molecule has 1 saturated heterocycles. The van der Waals surface area contributed by atoms with E-state index in [2.05, 4.69) is 28.9 Å². The van der Waals surface area contributed by atoms with E-state index in [-0.39, 0.29) is 30.1 Å². The highest BCUT2D eigenvalue weighted by atomic mass is 127. The smallest absolute Gasteiger partial charge is 0.191 e. The number of hydrogen-bond donors (Lipinski definition) is 1. The number of nitrogens with two attached hydrogens (primary N) is 1. The molecule has 0 aromatic heterocycles. The number of benzene rings is 1. The molecule has 1 aromatic carbocycles. The minimum atomic E-state index is 0. The number of aliphatic imine (C=N–C) groups is 1. The number of hydrogen-bond acceptors (Lipinski definition) is 3. The summed E-state index contributed by atoms with van der Waals surface area (Å²) < 4.78 is 11.2. The zero-order valence-corrected chi connectivity index (χ0v) is 15.2. The molecule has 0 aliphatic carbocycles. The van der Waals surface area contributed by atoms with Crippen LogP contribution in [0.5, 0.6) is 5.75 Å². The number of morpholine rings is 1. The third kappa shape index (κ3) is 4.04. The Morgan fingerprint density at radius 2 is 2.18 bits per heavy atom. The molecule has 2 unspecified atom stereocenters. The predicted octanol–water partition coefficient (Wildman–Crippen LogP) is 2.21. The molecule has 2 heterocycles. The Hall–Kier alpha value is -1.02. The fourth-order valence-corrected chi connectivity index (χ4v) is 2.94. The second-order valence-corrected chi connectivity index (χ2v) is 5.70. The molecule has 0 saturated carbocycles. The van der Waals surface area contributed by atoms with Gasteiger partial charge in [-0.3, -0.25) is 4.99 Å². The Kier molecular flexibility index (Phi) is 6.31. The summed E-state index contributed by atoms with van der Waals surface area (Å²) >= 11 is 0. The lowest BCUT2D eigenvalue weighted by Gasteiger charge is -2.32. The van der Waals surface area contributed by atoms with Gasteiger partial charge in [0, 0.05) is 25.6 Å². The van der Waals surface area contributed by atoms with Gasteiger partial charge in [0.15, 0.2) is 5.96 Å². The van der Waals surface area contributed by atoms with Crippen LogP contribution in [0.3, 0.4) is 0 Å². The van der Waals surface area contributed by atoms with Crippen molar-refractivity contribution in [2.75, 3.05) is 32.8 Å². The van der Waals surface area contributed by atoms with Crippen LogP contribution in [0.2, 0.25) is 0 Å². The first-order chi connectivity index (χ1) is 10.2. The minimum absolute atomic E-state index is 0. The van der Waals surface area contributed by atoms with Crippen molar-refractivity contribution in [1.29, 1.82) is 0 Å². The average molecular weight is 417 g/mol. The van der Waals surface area contributed by atoms with Crippen molar-refractivity contribution in [1.82, 2.24) is 4.90 Å². The maximum absolute atomic E-state index is 6.14. The monoisotopic (exact) mass is 417 g/mol. The number of nitrogens with zero attached hydrogens (tertiary/aromatic N) is 2. The van der Waals surface area contributed by atoms with Crippen molar-refractivity contribution < 1.29 is 9.47 Å². The van der Waals surface area contributed by atoms with Crippen molar-refractivity contribution in [2.24, 2.45) is 10.7 Å². The molecule has 3 rings (SSSR count). The largest absolute Gasteiger partial charge is 0.493 e. The summed E-state index contributed by atoms with van der Waals surface area (Å²) in [5.74, 6) is 2.02. The van der Waals surface area contributed by atoms with Gasteiger partial charge in [0.1, 0.15) is 5.75 Å². The van der Waals surface area contributed by atoms with Gasteiger partial charge in [-0.15, -0.1) is 24.0 Å². The molecule has 2 aliphatic heterocycles. The Labute approximate surface area is 148 Å². The van der Waals surface area contributed by atoms with Crippen LogP contribution in [0.4, 0.5) is 0 Å². The van der Waals surface area contributed by atoms with Gasteiger partial charge < -0.3 is 20.1 Å². The van der Waals surface area contributed by atoms with Gasteiger partial charge in [-0.25, -0.2) is 0 Å². The fourth-order valence-electron chi connectivity index (χ4n) is 2.94. The molecular weight excluding hydrogens is 393 g/mol. The van der Waals surface area contributed by atoms with Gasteiger partial charge in [-0.1, -0.05) is 18.2 Å². The third-order valence-electron chi connectivity index (χ3n) is 4.12. The molecule has 122 valence electrons. The molecule has 0 radical (unpaired) electrons. The summed E-state index contributed by atoms with van der Waals surface area (Å²) in [7, 11) is 0. The van der Waals surface area contributed by atoms with Gasteiger partial charge in [-0.2, -0.15) is 0 Å². The van der Waals surface area contributed by atoms with E-state index in [1.165, 1.54) is 5.56 Å². The first kappa shape index (κ1) is 17.3. The lowest BCUT2D eigenvalue weighted by molar-refractivity contribution is 0.00528. The number of halogens is 1. The van der Waals surface area contributed by atoms with Crippen molar-refractivity contribution in [3.8, 4) is 5.75 Å². The maximum Gasteiger partial charge on any atom is 0.191 e. The SMILES string of the molecule is CC1CN(C(N)=NCC2CCOc3ccccc32)CCO1.I. The standard InChI is InChI=1S/C16H23N3O2.HI/c1-12-11-19(7-9-20-12)16(17)18-10-13-6-8-21-15-5-3-2-4-14(13)15;/h2-5,12-13H,6-11H2,1H3,(H2,17,18);1H. The van der Waals surface area contributed by atoms with Crippen LogP contribution >= 0.6 is 24.0 Å². The van der Waals surface area contributed by atoms with Crippen LogP contribution in [0.15, 0.2) is 29.3 Å². The Balaban J connectivity index is 0.00000176. The molecule has 1 fully saturated rings. The molecule has 0 bridgehead atoms. The summed E-state index contributed by atoms with van der Waals surface area (Å²) in [6, 6.07) is 8.21. The van der Waals surface area contributed by atoms with Crippen LogP contribution in [-0.4, -0.2) is 49.8 Å². The minimum Gasteiger partial charge on any atom is -0.493 e. The highest BCUT2D eigenvalue weighted by Crippen LogP contribution is 2.33. The Bertz CT molecular complexity index is 524. The molecule has 2 N–H and O–H groups in total. The normalized spacial score (nSPS) is 25.0. The van der Waals surface area contributed by atoms with Gasteiger partial charge in [0.2, 0.25) is 0 Å². The molecule has 2 atom stereocenters. The van der Waals surface area contributed by atoms with Crippen LogP contribution in [0.1, 0.15) is 24.8 Å². The van der Waals surface area contributed by atoms with Crippen molar-refractivity contribution in [3.05, 3.63) is 29.8 Å². The predicted molar refractivity (Wildman–Crippen MR) is 98.2 cm³/mol. The Morgan fingerprint density at radius 1 is 1.36 bits per heavy atom. The van der Waals surface area contributed by atoms with E-state index in [0.717, 1.165) is 45.0 Å². The van der Waals surface area contributed by atoms with Gasteiger partial charge in [0.25, 0.3) is 0 Å². The summed E-state index contributed by atoms with van der Waals surface area (Å²) in [6.45, 7) is 5.90. The van der Waals surface area contributed by atoms with Crippen molar-refractivity contribution in [2.45, 2.75) is 25.4 Å². The number of fused-ring (bicyclic) bond motifs is 1. The lowest BCUT2D eigenvalue weighted by Crippen LogP contribution is -2.48. The second kappa shape index (κ2) is 8.01. The molecule has 0 spiro atoms. The van der Waals surface area contributed by atoms with E-state index in [0.29, 0.717) is 11.9 Å². The molecule has 6 heteroatoms. The Morgan fingerprint density at radius 3 is 3.00 bits per heavy atom. The first-order valence-electron chi connectivity index (χ1n) is 7.62. The van der Waals surface area contributed by atoms with Crippen molar-refractivity contribution in [3.63, 3.8) is 0 Å². The number of ether oxygens (including phenoxy) is 2. The van der Waals surface area contributed by atoms with Crippen molar-refractivity contribution >= 4 is 29.9 Å². The van der Waals surface area contributed by atoms with Gasteiger partial charge >= 0.3 is 0 Å². The highest BCUT2D eigenvalue weighted by Gasteiger charge is 2.22. The first-order valence-corrected chi connectivity index (χ1v) is 7.62. The second-order valence-electron chi connectivity index (χ2n) is 5.70. The molecule has 22 heavy (non-hydrogen) atoms. The number of para-hydroxylation sites is 1. The summed E-state index contributed by atoms with van der Waals surface area (Å²) in [5, 5.41) is 0. The molecule has 1 aromatic rings. The quantitative estimate of drug-likeness (QED) is 0.456. The molecule has 5 nitrogen and oxygen atoms in total. The highest BCUT2D eigenvalue weighted by molar-refractivity contribution is 14.0. The summed E-state index contributed by atoms with van der Waals surface area (Å²) in [5.41, 5.74) is 7.38. The van der Waals surface area contributed by atoms with E-state index in [9.17, 15) is 0 Å². The molecule has 2 aliphatic rings. The molecule has 0 amide bonds. The average Bonchev–Trinajstić information content (AvgIpc) is 2.52. The van der Waals surface area contributed by atoms with E-state index in [1.54, 1.807) is 0 Å². The zero-order chi connectivity index (χ0) is 14.7. The van der Waals surface area contributed by atoms with Crippen LogP contribution < -0.4 is 10.5 Å². The summed E-state index contributed by atoms with van der Waals surface area (Å²) in [4.78, 5) is 6.72. The number of rotatable bonds is 2. The third-order valence-corrected chi connectivity index (χ3v) is 4.12. The summed E-state index contributed by atoms with van der Waals surface area (Å²) in [6.07, 6.45) is 1.21. The zero-order valence-electron chi connectivity index (χ0n) is 12.9. The lowest BCUT2D eigenvalue weighted by atomic mass is 9.93. The van der Waals surface area contributed by atoms with E-state index in [1.807, 2.05) is 12.1 Å². The van der Waals surface area contributed by atoms with Crippen LogP contribution in [0.25, 0.3) is 0 Å². The van der Waals surface area contributed by atoms with Gasteiger partial charge in [0.05, 0.1) is 19.3 Å².